The van der Waals surface area contributed by atoms with Crippen LogP contribution in [0.4, 0.5) is 5.69 Å². The molecule has 0 aromatic heterocycles. The predicted octanol–water partition coefficient (Wildman–Crippen LogP) is 3.71. The zero-order valence-corrected chi connectivity index (χ0v) is 18.7. The van der Waals surface area contributed by atoms with Crippen molar-refractivity contribution in [3.05, 3.63) is 47.0 Å². The van der Waals surface area contributed by atoms with Crippen LogP contribution in [0.5, 0.6) is 11.5 Å². The number of nitrogens with one attached hydrogen (secondary N) is 1. The lowest BCUT2D eigenvalue weighted by atomic mass is 9.98. The van der Waals surface area contributed by atoms with Gasteiger partial charge in [-0.05, 0) is 61.7 Å². The highest BCUT2D eigenvalue weighted by molar-refractivity contribution is 7.89. The van der Waals surface area contributed by atoms with E-state index < -0.39 is 15.9 Å². The Balaban J connectivity index is 1.73. The zero-order valence-electron chi connectivity index (χ0n) is 17.1. The molecule has 9 heteroatoms. The lowest BCUT2D eigenvalue weighted by molar-refractivity contribution is -0.120. The van der Waals surface area contributed by atoms with Gasteiger partial charge in [-0.15, -0.1) is 0 Å². The predicted molar refractivity (Wildman–Crippen MR) is 116 cm³/mol. The number of ether oxygens (including phenoxy) is 2. The molecule has 0 radical (unpaired) electrons. The number of carbonyl (C=O) groups is 1. The number of rotatable bonds is 6. The van der Waals surface area contributed by atoms with Gasteiger partial charge in [-0.25, -0.2) is 8.42 Å². The van der Waals surface area contributed by atoms with E-state index in [1.54, 1.807) is 44.4 Å². The van der Waals surface area contributed by atoms with Crippen LogP contribution in [0.3, 0.4) is 0 Å². The SMILES string of the molecule is COc1ccc(S(=O)(=O)N2CCC[C@H](C(=O)Nc3ccc(OC)c(Cl)c3)C2)cc1C. The Morgan fingerprint density at radius 3 is 2.47 bits per heavy atom. The second-order valence-corrected chi connectivity index (χ2v) is 9.52. The number of piperidine rings is 1. The fraction of sp³-hybridized carbons (Fsp3) is 0.381. The van der Waals surface area contributed by atoms with Crippen LogP contribution < -0.4 is 14.8 Å². The summed E-state index contributed by atoms with van der Waals surface area (Å²) in [6.07, 6.45) is 1.22. The van der Waals surface area contributed by atoms with Crippen molar-refractivity contribution in [2.45, 2.75) is 24.7 Å². The monoisotopic (exact) mass is 452 g/mol. The van der Waals surface area contributed by atoms with Crippen molar-refractivity contribution in [1.82, 2.24) is 4.31 Å². The normalized spacial score (nSPS) is 17.4. The smallest absolute Gasteiger partial charge is 0.243 e. The summed E-state index contributed by atoms with van der Waals surface area (Å²) in [5.41, 5.74) is 1.28. The molecule has 0 aliphatic carbocycles. The van der Waals surface area contributed by atoms with Crippen LogP contribution in [-0.2, 0) is 14.8 Å². The van der Waals surface area contributed by atoms with Crippen LogP contribution in [-0.4, -0.2) is 45.9 Å². The van der Waals surface area contributed by atoms with Gasteiger partial charge in [0.25, 0.3) is 0 Å². The summed E-state index contributed by atoms with van der Waals surface area (Å²) in [5.74, 6) is 0.457. The van der Waals surface area contributed by atoms with Gasteiger partial charge in [0.15, 0.2) is 0 Å². The molecule has 0 saturated carbocycles. The van der Waals surface area contributed by atoms with E-state index >= 15 is 0 Å². The minimum atomic E-state index is -3.70. The summed E-state index contributed by atoms with van der Waals surface area (Å²) in [6.45, 7) is 2.30. The topological polar surface area (TPSA) is 84.9 Å². The summed E-state index contributed by atoms with van der Waals surface area (Å²) >= 11 is 6.11. The first kappa shape index (κ1) is 22.4. The molecule has 30 heavy (non-hydrogen) atoms. The molecule has 162 valence electrons. The van der Waals surface area contributed by atoms with Gasteiger partial charge in [-0.2, -0.15) is 4.31 Å². The maximum Gasteiger partial charge on any atom is 0.243 e. The van der Waals surface area contributed by atoms with Crippen molar-refractivity contribution in [2.24, 2.45) is 5.92 Å². The average molecular weight is 453 g/mol. The number of hydrogen-bond donors (Lipinski definition) is 1. The molecule has 1 N–H and O–H groups in total. The Bertz CT molecular complexity index is 1040. The maximum absolute atomic E-state index is 13.1. The van der Waals surface area contributed by atoms with Crippen molar-refractivity contribution < 1.29 is 22.7 Å². The molecule has 3 rings (SSSR count). The number of methoxy groups -OCH3 is 2. The number of sulfonamides is 1. The molecule has 0 spiro atoms. The number of halogens is 1. The lowest BCUT2D eigenvalue weighted by Crippen LogP contribution is -2.43. The van der Waals surface area contributed by atoms with Gasteiger partial charge in [0.05, 0.1) is 30.1 Å². The minimum Gasteiger partial charge on any atom is -0.496 e. The van der Waals surface area contributed by atoms with Gasteiger partial charge in [0.2, 0.25) is 15.9 Å². The number of nitrogens with zero attached hydrogens (tertiary/aromatic N) is 1. The molecule has 7 nitrogen and oxygen atoms in total. The molecule has 1 aliphatic heterocycles. The van der Waals surface area contributed by atoms with Crippen LogP contribution >= 0.6 is 11.6 Å². The molecule has 0 unspecified atom stereocenters. The van der Waals surface area contributed by atoms with E-state index in [4.69, 9.17) is 21.1 Å². The van der Waals surface area contributed by atoms with Crippen molar-refractivity contribution in [2.75, 3.05) is 32.6 Å². The number of amides is 1. The number of carbonyl (C=O) groups excluding carboxylic acids is 1. The molecule has 1 fully saturated rings. The van der Waals surface area contributed by atoms with Crippen LogP contribution in [0.2, 0.25) is 5.02 Å². The number of anilines is 1. The summed E-state index contributed by atoms with van der Waals surface area (Å²) in [5, 5.41) is 3.21. The molecule has 0 bridgehead atoms. The van der Waals surface area contributed by atoms with E-state index in [9.17, 15) is 13.2 Å². The standard InChI is InChI=1S/C21H25ClN2O5S/c1-14-11-17(7-9-19(14)28-2)30(26,27)24-10-4-5-15(13-24)21(25)23-16-6-8-20(29-3)18(22)12-16/h6-9,11-12,15H,4-5,10,13H2,1-3H3,(H,23,25)/t15-/m0/s1. The lowest BCUT2D eigenvalue weighted by Gasteiger charge is -2.31. The summed E-state index contributed by atoms with van der Waals surface area (Å²) in [6, 6.07) is 9.74. The molecule has 1 atom stereocenters. The van der Waals surface area contributed by atoms with Crippen LogP contribution in [0.15, 0.2) is 41.3 Å². The highest BCUT2D eigenvalue weighted by Gasteiger charge is 2.33. The van der Waals surface area contributed by atoms with Crippen molar-refractivity contribution in [3.8, 4) is 11.5 Å². The summed E-state index contributed by atoms with van der Waals surface area (Å²) in [4.78, 5) is 13.0. The third-order valence-electron chi connectivity index (χ3n) is 5.18. The molecule has 1 amide bonds. The van der Waals surface area contributed by atoms with Crippen molar-refractivity contribution in [1.29, 1.82) is 0 Å². The fourth-order valence-corrected chi connectivity index (χ4v) is 5.39. The summed E-state index contributed by atoms with van der Waals surface area (Å²) < 4.78 is 37.9. The van der Waals surface area contributed by atoms with Gasteiger partial charge in [0, 0.05) is 18.8 Å². The zero-order chi connectivity index (χ0) is 21.9. The van der Waals surface area contributed by atoms with Gasteiger partial charge in [0.1, 0.15) is 11.5 Å². The highest BCUT2D eigenvalue weighted by Crippen LogP contribution is 2.30. The molecule has 2 aromatic rings. The fourth-order valence-electron chi connectivity index (χ4n) is 3.52. The first-order valence-electron chi connectivity index (χ1n) is 9.55. The van der Waals surface area contributed by atoms with Crippen LogP contribution in [0.1, 0.15) is 18.4 Å². The molecular weight excluding hydrogens is 428 g/mol. The quantitative estimate of drug-likeness (QED) is 0.722. The Hall–Kier alpha value is -2.29. The number of hydrogen-bond acceptors (Lipinski definition) is 5. The first-order chi connectivity index (χ1) is 14.3. The summed E-state index contributed by atoms with van der Waals surface area (Å²) in [7, 11) is -0.648. The van der Waals surface area contributed by atoms with E-state index in [-0.39, 0.29) is 17.3 Å². The molecular formula is C21H25ClN2O5S. The Morgan fingerprint density at radius 2 is 1.83 bits per heavy atom. The Kier molecular flexibility index (Phi) is 6.90. The van der Waals surface area contributed by atoms with E-state index in [1.807, 2.05) is 0 Å². The second-order valence-electron chi connectivity index (χ2n) is 7.17. The highest BCUT2D eigenvalue weighted by atomic mass is 35.5. The van der Waals surface area contributed by atoms with E-state index in [0.717, 1.165) is 5.56 Å². The van der Waals surface area contributed by atoms with Gasteiger partial charge in [-0.1, -0.05) is 11.6 Å². The van der Waals surface area contributed by atoms with Crippen molar-refractivity contribution >= 4 is 33.2 Å². The Labute approximate surface area is 182 Å². The second kappa shape index (κ2) is 9.24. The van der Waals surface area contributed by atoms with E-state index in [1.165, 1.54) is 17.5 Å². The average Bonchev–Trinajstić information content (AvgIpc) is 2.74. The van der Waals surface area contributed by atoms with E-state index in [0.29, 0.717) is 41.6 Å². The molecule has 1 saturated heterocycles. The van der Waals surface area contributed by atoms with Gasteiger partial charge < -0.3 is 14.8 Å². The third-order valence-corrected chi connectivity index (χ3v) is 7.33. The van der Waals surface area contributed by atoms with Gasteiger partial charge in [-0.3, -0.25) is 4.79 Å². The van der Waals surface area contributed by atoms with E-state index in [2.05, 4.69) is 5.32 Å². The largest absolute Gasteiger partial charge is 0.496 e. The van der Waals surface area contributed by atoms with Crippen molar-refractivity contribution in [3.63, 3.8) is 0 Å². The minimum absolute atomic E-state index is 0.128. The van der Waals surface area contributed by atoms with Gasteiger partial charge >= 0.3 is 0 Å². The van der Waals surface area contributed by atoms with Crippen LogP contribution in [0.25, 0.3) is 0 Å². The number of benzene rings is 2. The number of aryl methyl sites for hydroxylation is 1. The molecule has 1 heterocycles. The Morgan fingerprint density at radius 1 is 1.13 bits per heavy atom. The first-order valence-corrected chi connectivity index (χ1v) is 11.4. The molecule has 1 aliphatic rings. The molecule has 2 aromatic carbocycles. The van der Waals surface area contributed by atoms with Crippen LogP contribution in [0, 0.1) is 12.8 Å². The third kappa shape index (κ3) is 4.71. The maximum atomic E-state index is 13.1.